The Morgan fingerprint density at radius 1 is 1.40 bits per heavy atom. The first kappa shape index (κ1) is 14.6. The summed E-state index contributed by atoms with van der Waals surface area (Å²) >= 11 is 0. The molecule has 1 aliphatic heterocycles. The molecule has 0 aromatic carbocycles. The quantitative estimate of drug-likeness (QED) is 0.745. The first-order valence-corrected chi connectivity index (χ1v) is 6.25. The maximum atomic E-state index is 12.1. The molecule has 112 valence electrons. The van der Waals surface area contributed by atoms with Crippen LogP contribution in [0.15, 0.2) is 6.07 Å². The Hall–Kier alpha value is -1.77. The molecule has 0 atom stereocenters. The number of likely N-dealkylation sites (N-methyl/N-ethyl adjacent to an activating group) is 1. The number of rotatable bonds is 5. The number of hydrogen-bond donors (Lipinski definition) is 3. The topological polar surface area (TPSA) is 79.1 Å². The number of aromatic nitrogens is 2. The fourth-order valence-corrected chi connectivity index (χ4v) is 1.89. The average Bonchev–Trinajstić information content (AvgIpc) is 2.25. The monoisotopic (exact) mass is 290 g/mol. The van der Waals surface area contributed by atoms with E-state index in [1.54, 1.807) is 6.07 Å². The van der Waals surface area contributed by atoms with Crippen LogP contribution in [0.25, 0.3) is 0 Å². The summed E-state index contributed by atoms with van der Waals surface area (Å²) in [6.07, 6.45) is -5.11. The molecular weight excluding hydrogens is 273 g/mol. The zero-order chi connectivity index (χ0) is 14.8. The maximum Gasteiger partial charge on any atom is 0.390 e. The minimum Gasteiger partial charge on any atom is -0.370 e. The van der Waals surface area contributed by atoms with E-state index in [1.165, 1.54) is 0 Å². The zero-order valence-corrected chi connectivity index (χ0v) is 11.0. The molecule has 2 rings (SSSR count). The Morgan fingerprint density at radius 3 is 2.70 bits per heavy atom. The second kappa shape index (κ2) is 5.70. The molecule has 0 bridgehead atoms. The van der Waals surface area contributed by atoms with Crippen LogP contribution in [0.1, 0.15) is 6.42 Å². The van der Waals surface area contributed by atoms with Gasteiger partial charge in [0.2, 0.25) is 5.95 Å². The molecule has 9 heteroatoms. The molecule has 1 fully saturated rings. The van der Waals surface area contributed by atoms with Crippen LogP contribution in [0.5, 0.6) is 0 Å². The number of halogens is 3. The Bertz CT molecular complexity index is 458. The third kappa shape index (κ3) is 3.86. The van der Waals surface area contributed by atoms with Gasteiger partial charge in [-0.2, -0.15) is 23.1 Å². The maximum absolute atomic E-state index is 12.1. The molecular formula is C11H17F3N6. The van der Waals surface area contributed by atoms with Crippen molar-refractivity contribution >= 4 is 17.6 Å². The van der Waals surface area contributed by atoms with Gasteiger partial charge < -0.3 is 21.3 Å². The summed E-state index contributed by atoms with van der Waals surface area (Å²) in [5, 5.41) is 5.74. The van der Waals surface area contributed by atoms with Gasteiger partial charge in [0.05, 0.1) is 6.42 Å². The van der Waals surface area contributed by atoms with Crippen molar-refractivity contribution in [2.45, 2.75) is 18.6 Å². The van der Waals surface area contributed by atoms with E-state index in [0.29, 0.717) is 17.7 Å². The third-order valence-corrected chi connectivity index (χ3v) is 3.06. The summed E-state index contributed by atoms with van der Waals surface area (Å²) in [6, 6.07) is 2.01. The zero-order valence-electron chi connectivity index (χ0n) is 11.0. The smallest absolute Gasteiger partial charge is 0.370 e. The van der Waals surface area contributed by atoms with Crippen LogP contribution >= 0.6 is 0 Å². The molecule has 1 aliphatic rings. The van der Waals surface area contributed by atoms with E-state index >= 15 is 0 Å². The van der Waals surface area contributed by atoms with Gasteiger partial charge in [0, 0.05) is 31.7 Å². The van der Waals surface area contributed by atoms with Gasteiger partial charge in [-0.05, 0) is 7.05 Å². The Morgan fingerprint density at radius 2 is 2.10 bits per heavy atom. The van der Waals surface area contributed by atoms with Gasteiger partial charge in [-0.3, -0.25) is 0 Å². The van der Waals surface area contributed by atoms with Crippen LogP contribution in [0, 0.1) is 0 Å². The van der Waals surface area contributed by atoms with Crippen molar-refractivity contribution in [2.75, 3.05) is 42.6 Å². The van der Waals surface area contributed by atoms with E-state index in [4.69, 9.17) is 5.73 Å². The molecule has 2 heterocycles. The van der Waals surface area contributed by atoms with E-state index < -0.39 is 12.6 Å². The lowest BCUT2D eigenvalue weighted by Crippen LogP contribution is -2.57. The second-order valence-electron chi connectivity index (χ2n) is 4.65. The standard InChI is InChI=1S/C11H17F3N6/c1-16-7-5-20(6-7)9-4-8(18-10(15)19-9)17-3-2-11(12,13)14/h4,7,16H,2-3,5-6H2,1H3,(H3,15,17,18,19). The molecule has 0 aliphatic carbocycles. The van der Waals surface area contributed by atoms with Crippen molar-refractivity contribution in [1.82, 2.24) is 15.3 Å². The van der Waals surface area contributed by atoms with E-state index in [-0.39, 0.29) is 12.5 Å². The molecule has 6 nitrogen and oxygen atoms in total. The third-order valence-electron chi connectivity index (χ3n) is 3.06. The first-order chi connectivity index (χ1) is 9.37. The fourth-order valence-electron chi connectivity index (χ4n) is 1.89. The van der Waals surface area contributed by atoms with Gasteiger partial charge in [-0.1, -0.05) is 0 Å². The highest BCUT2D eigenvalue weighted by molar-refractivity contribution is 5.54. The average molecular weight is 290 g/mol. The highest BCUT2D eigenvalue weighted by Crippen LogP contribution is 2.23. The lowest BCUT2D eigenvalue weighted by Gasteiger charge is -2.40. The normalized spacial score (nSPS) is 16.1. The fraction of sp³-hybridized carbons (Fsp3) is 0.636. The molecule has 0 spiro atoms. The highest BCUT2D eigenvalue weighted by Gasteiger charge is 2.28. The van der Waals surface area contributed by atoms with E-state index in [2.05, 4.69) is 20.6 Å². The summed E-state index contributed by atoms with van der Waals surface area (Å²) in [6.45, 7) is 1.34. The van der Waals surface area contributed by atoms with Gasteiger partial charge in [0.15, 0.2) is 0 Å². The summed E-state index contributed by atoms with van der Waals surface area (Å²) in [5.41, 5.74) is 5.57. The second-order valence-corrected chi connectivity index (χ2v) is 4.65. The summed E-state index contributed by atoms with van der Waals surface area (Å²) in [5.74, 6) is 0.980. The summed E-state index contributed by atoms with van der Waals surface area (Å²) in [4.78, 5) is 9.94. The van der Waals surface area contributed by atoms with Crippen molar-refractivity contribution in [3.63, 3.8) is 0 Å². The molecule has 0 unspecified atom stereocenters. The number of nitrogens with two attached hydrogens (primary N) is 1. The molecule has 4 N–H and O–H groups in total. The number of anilines is 3. The minimum absolute atomic E-state index is 0.0462. The van der Waals surface area contributed by atoms with Crippen LogP contribution in [0.2, 0.25) is 0 Å². The molecule has 1 aromatic rings. The summed E-state index contributed by atoms with van der Waals surface area (Å²) < 4.78 is 36.2. The van der Waals surface area contributed by atoms with Gasteiger partial charge in [0.25, 0.3) is 0 Å². The van der Waals surface area contributed by atoms with Gasteiger partial charge in [-0.25, -0.2) is 0 Å². The number of nitrogens with one attached hydrogen (secondary N) is 2. The van der Waals surface area contributed by atoms with Gasteiger partial charge in [-0.15, -0.1) is 0 Å². The predicted octanol–water partition coefficient (Wildman–Crippen LogP) is 0.831. The molecule has 1 aromatic heterocycles. The Balaban J connectivity index is 1.95. The lowest BCUT2D eigenvalue weighted by atomic mass is 10.1. The lowest BCUT2D eigenvalue weighted by molar-refractivity contribution is -0.131. The van der Waals surface area contributed by atoms with Crippen LogP contribution in [-0.4, -0.2) is 48.9 Å². The molecule has 1 saturated heterocycles. The van der Waals surface area contributed by atoms with E-state index in [1.807, 2.05) is 11.9 Å². The number of nitrogens with zero attached hydrogens (tertiary/aromatic N) is 3. The van der Waals surface area contributed by atoms with Crippen LogP contribution in [0.3, 0.4) is 0 Å². The van der Waals surface area contributed by atoms with Crippen molar-refractivity contribution in [1.29, 1.82) is 0 Å². The number of alkyl halides is 3. The largest absolute Gasteiger partial charge is 0.390 e. The van der Waals surface area contributed by atoms with E-state index in [0.717, 1.165) is 13.1 Å². The van der Waals surface area contributed by atoms with Crippen molar-refractivity contribution in [3.8, 4) is 0 Å². The van der Waals surface area contributed by atoms with Crippen molar-refractivity contribution in [2.24, 2.45) is 0 Å². The number of nitrogen functional groups attached to an aromatic ring is 1. The van der Waals surface area contributed by atoms with Crippen LogP contribution in [-0.2, 0) is 0 Å². The molecule has 0 amide bonds. The highest BCUT2D eigenvalue weighted by atomic mass is 19.4. The van der Waals surface area contributed by atoms with Crippen molar-refractivity contribution in [3.05, 3.63) is 6.07 Å². The predicted molar refractivity (Wildman–Crippen MR) is 70.7 cm³/mol. The Kier molecular flexibility index (Phi) is 4.17. The van der Waals surface area contributed by atoms with Crippen LogP contribution in [0.4, 0.5) is 30.8 Å². The SMILES string of the molecule is CNC1CN(c2cc(NCCC(F)(F)F)nc(N)n2)C1. The summed E-state index contributed by atoms with van der Waals surface area (Å²) in [7, 11) is 1.88. The molecule has 0 radical (unpaired) electrons. The van der Waals surface area contributed by atoms with E-state index in [9.17, 15) is 13.2 Å². The number of hydrogen-bond acceptors (Lipinski definition) is 6. The molecule has 20 heavy (non-hydrogen) atoms. The van der Waals surface area contributed by atoms with Crippen LogP contribution < -0.4 is 21.3 Å². The van der Waals surface area contributed by atoms with Gasteiger partial charge in [0.1, 0.15) is 11.6 Å². The van der Waals surface area contributed by atoms with Crippen molar-refractivity contribution < 1.29 is 13.2 Å². The Labute approximate surface area is 114 Å². The van der Waals surface area contributed by atoms with Gasteiger partial charge >= 0.3 is 6.18 Å². The molecule has 0 saturated carbocycles. The minimum atomic E-state index is -4.19. The first-order valence-electron chi connectivity index (χ1n) is 6.25.